The molecule has 1 saturated carbocycles. The second-order valence-corrected chi connectivity index (χ2v) is 6.65. The minimum absolute atomic E-state index is 0.0504. The predicted molar refractivity (Wildman–Crippen MR) is 78.6 cm³/mol. The molecule has 3 atom stereocenters. The third-order valence-corrected chi connectivity index (χ3v) is 5.28. The van der Waals surface area contributed by atoms with E-state index in [0.29, 0.717) is 12.1 Å². The molecule has 0 radical (unpaired) electrons. The summed E-state index contributed by atoms with van der Waals surface area (Å²) in [6.07, 6.45) is 7.98. The topological polar surface area (TPSA) is 56.9 Å². The summed E-state index contributed by atoms with van der Waals surface area (Å²) in [5.41, 5.74) is 1.03. The van der Waals surface area contributed by atoms with Gasteiger partial charge in [0.05, 0.1) is 0 Å². The van der Waals surface area contributed by atoms with E-state index in [-0.39, 0.29) is 4.87 Å². The van der Waals surface area contributed by atoms with Gasteiger partial charge in [0.2, 0.25) is 0 Å². The highest BCUT2D eigenvalue weighted by Gasteiger charge is 2.32. The zero-order chi connectivity index (χ0) is 13.1. The third kappa shape index (κ3) is 3.27. The number of rotatable bonds is 4. The summed E-state index contributed by atoms with van der Waals surface area (Å²) < 4.78 is 0. The van der Waals surface area contributed by atoms with Crippen LogP contribution in [0.15, 0.2) is 10.2 Å². The van der Waals surface area contributed by atoms with E-state index in [0.717, 1.165) is 18.2 Å². The lowest BCUT2D eigenvalue weighted by molar-refractivity contribution is 0.213. The number of hydrogen-bond donors (Lipinski definition) is 3. The molecule has 3 unspecified atom stereocenters. The lowest BCUT2D eigenvalue weighted by Crippen LogP contribution is -2.46. The average Bonchev–Trinajstić information content (AvgIpc) is 3.08. The maximum Gasteiger partial charge on any atom is 0.304 e. The van der Waals surface area contributed by atoms with Crippen LogP contribution in [0.3, 0.4) is 0 Å². The molecule has 3 N–H and O–H groups in total. The lowest BCUT2D eigenvalue weighted by Gasteiger charge is -2.36. The van der Waals surface area contributed by atoms with Crippen LogP contribution in [-0.2, 0) is 6.54 Å². The number of nitrogens with one attached hydrogen (secondary N) is 3. The van der Waals surface area contributed by atoms with Crippen molar-refractivity contribution in [3.63, 3.8) is 0 Å². The Balaban J connectivity index is 1.58. The zero-order valence-electron chi connectivity index (χ0n) is 11.3. The summed E-state index contributed by atoms with van der Waals surface area (Å²) in [5, 5.41) is 9.27. The molecule has 1 aromatic heterocycles. The minimum Gasteiger partial charge on any atom is -0.315 e. The van der Waals surface area contributed by atoms with Gasteiger partial charge in [-0.2, -0.15) is 0 Å². The van der Waals surface area contributed by atoms with E-state index < -0.39 is 0 Å². The SMILES string of the molecule is O=c1[nH]c(CNC2CCCCC2C2CCCN2)cs1. The second kappa shape index (κ2) is 6.20. The number of H-pyrrole nitrogens is 1. The third-order valence-electron chi connectivity index (χ3n) is 4.56. The molecule has 19 heavy (non-hydrogen) atoms. The maximum absolute atomic E-state index is 11.1. The Morgan fingerprint density at radius 3 is 2.89 bits per heavy atom. The van der Waals surface area contributed by atoms with Gasteiger partial charge < -0.3 is 15.6 Å². The number of thiazole rings is 1. The van der Waals surface area contributed by atoms with E-state index in [1.807, 2.05) is 5.38 Å². The first-order valence-electron chi connectivity index (χ1n) is 7.46. The molecule has 1 aliphatic heterocycles. The number of aromatic amines is 1. The smallest absolute Gasteiger partial charge is 0.304 e. The second-order valence-electron chi connectivity index (χ2n) is 5.81. The Morgan fingerprint density at radius 1 is 1.26 bits per heavy atom. The Kier molecular flexibility index (Phi) is 4.35. The maximum atomic E-state index is 11.1. The molecule has 4 nitrogen and oxygen atoms in total. The van der Waals surface area contributed by atoms with Crippen LogP contribution < -0.4 is 15.5 Å². The van der Waals surface area contributed by atoms with Crippen molar-refractivity contribution in [3.8, 4) is 0 Å². The molecular formula is C14H23N3OS. The van der Waals surface area contributed by atoms with Gasteiger partial charge in [0.25, 0.3) is 0 Å². The standard InChI is InChI=1S/C14H23N3OS/c18-14-17-10(9-19-14)8-16-13-5-2-1-4-11(13)12-6-3-7-15-12/h9,11-13,15-16H,1-8H2,(H,17,18). The molecule has 2 fully saturated rings. The lowest BCUT2D eigenvalue weighted by atomic mass is 9.79. The Morgan fingerprint density at radius 2 is 2.16 bits per heavy atom. The molecule has 0 spiro atoms. The summed E-state index contributed by atoms with van der Waals surface area (Å²) in [6, 6.07) is 1.31. The molecule has 0 aromatic carbocycles. The number of aromatic nitrogens is 1. The Labute approximate surface area is 118 Å². The fourth-order valence-electron chi connectivity index (χ4n) is 3.61. The van der Waals surface area contributed by atoms with Crippen LogP contribution in [0, 0.1) is 5.92 Å². The van der Waals surface area contributed by atoms with Crippen LogP contribution >= 0.6 is 11.3 Å². The van der Waals surface area contributed by atoms with Crippen LogP contribution in [0.5, 0.6) is 0 Å². The highest BCUT2D eigenvalue weighted by Crippen LogP contribution is 2.30. The van der Waals surface area contributed by atoms with Gasteiger partial charge in [-0.15, -0.1) is 0 Å². The van der Waals surface area contributed by atoms with Crippen molar-refractivity contribution in [3.05, 3.63) is 20.7 Å². The van der Waals surface area contributed by atoms with Gasteiger partial charge >= 0.3 is 4.87 Å². The van der Waals surface area contributed by atoms with Crippen molar-refractivity contribution in [2.24, 2.45) is 5.92 Å². The quantitative estimate of drug-likeness (QED) is 0.789. The van der Waals surface area contributed by atoms with Gasteiger partial charge in [-0.05, 0) is 38.1 Å². The largest absolute Gasteiger partial charge is 0.315 e. The van der Waals surface area contributed by atoms with Crippen molar-refractivity contribution in [1.82, 2.24) is 15.6 Å². The summed E-state index contributed by atoms with van der Waals surface area (Å²) >= 11 is 1.25. The summed E-state index contributed by atoms with van der Waals surface area (Å²) in [7, 11) is 0. The fourth-order valence-corrected chi connectivity index (χ4v) is 4.19. The first-order chi connectivity index (χ1) is 9.33. The molecule has 3 rings (SSSR count). The summed E-state index contributed by atoms with van der Waals surface area (Å²) in [4.78, 5) is 14.1. The van der Waals surface area contributed by atoms with Crippen LogP contribution in [0.4, 0.5) is 0 Å². The monoisotopic (exact) mass is 281 g/mol. The van der Waals surface area contributed by atoms with Gasteiger partial charge in [-0.3, -0.25) is 4.79 Å². The molecule has 2 heterocycles. The summed E-state index contributed by atoms with van der Waals surface area (Å²) in [6.45, 7) is 1.98. The van der Waals surface area contributed by atoms with Gasteiger partial charge in [-0.25, -0.2) is 0 Å². The number of hydrogen-bond acceptors (Lipinski definition) is 4. The van der Waals surface area contributed by atoms with Crippen molar-refractivity contribution < 1.29 is 0 Å². The highest BCUT2D eigenvalue weighted by atomic mass is 32.1. The van der Waals surface area contributed by atoms with Crippen LogP contribution in [0.2, 0.25) is 0 Å². The van der Waals surface area contributed by atoms with Crippen LogP contribution in [-0.4, -0.2) is 23.6 Å². The first kappa shape index (κ1) is 13.3. The highest BCUT2D eigenvalue weighted by molar-refractivity contribution is 7.07. The van der Waals surface area contributed by atoms with Crippen molar-refractivity contribution in [1.29, 1.82) is 0 Å². The fraction of sp³-hybridized carbons (Fsp3) is 0.786. The normalized spacial score (nSPS) is 31.7. The van der Waals surface area contributed by atoms with Gasteiger partial charge in [-0.1, -0.05) is 24.2 Å². The van der Waals surface area contributed by atoms with E-state index in [1.54, 1.807) is 0 Å². The Bertz CT molecular complexity index is 450. The molecule has 2 aliphatic rings. The average molecular weight is 281 g/mol. The van der Waals surface area contributed by atoms with Crippen molar-refractivity contribution in [2.75, 3.05) is 6.54 Å². The van der Waals surface area contributed by atoms with Gasteiger partial charge in [0.15, 0.2) is 0 Å². The predicted octanol–water partition coefficient (Wildman–Crippen LogP) is 1.84. The minimum atomic E-state index is 0.0504. The van der Waals surface area contributed by atoms with E-state index in [4.69, 9.17) is 0 Å². The van der Waals surface area contributed by atoms with Crippen molar-refractivity contribution in [2.45, 2.75) is 57.2 Å². The van der Waals surface area contributed by atoms with E-state index in [2.05, 4.69) is 15.6 Å². The van der Waals surface area contributed by atoms with Gasteiger partial charge in [0.1, 0.15) is 0 Å². The molecule has 1 aliphatic carbocycles. The molecule has 5 heteroatoms. The summed E-state index contributed by atoms with van der Waals surface area (Å²) in [5.74, 6) is 0.765. The molecule has 106 valence electrons. The van der Waals surface area contributed by atoms with E-state index in [1.165, 1.54) is 56.4 Å². The molecule has 0 bridgehead atoms. The molecule has 1 aromatic rings. The Hall–Kier alpha value is -0.650. The van der Waals surface area contributed by atoms with Crippen LogP contribution in [0.25, 0.3) is 0 Å². The van der Waals surface area contributed by atoms with Gasteiger partial charge in [0, 0.05) is 29.7 Å². The van der Waals surface area contributed by atoms with Crippen molar-refractivity contribution >= 4 is 11.3 Å². The first-order valence-corrected chi connectivity index (χ1v) is 8.34. The molecular weight excluding hydrogens is 258 g/mol. The van der Waals surface area contributed by atoms with E-state index >= 15 is 0 Å². The van der Waals surface area contributed by atoms with Crippen LogP contribution in [0.1, 0.15) is 44.2 Å². The zero-order valence-corrected chi connectivity index (χ0v) is 12.1. The van der Waals surface area contributed by atoms with E-state index in [9.17, 15) is 4.79 Å². The molecule has 0 amide bonds. The molecule has 1 saturated heterocycles.